The van der Waals surface area contributed by atoms with Gasteiger partial charge in [0.1, 0.15) is 29.1 Å². The molecule has 1 aromatic carbocycles. The van der Waals surface area contributed by atoms with Gasteiger partial charge in [-0.15, -0.1) is 10.2 Å². The van der Waals surface area contributed by atoms with Gasteiger partial charge in [0.25, 0.3) is 5.78 Å². The number of rotatable bonds is 0. The number of aryl methyl sites for hydroxylation is 1. The van der Waals surface area contributed by atoms with Gasteiger partial charge in [-0.3, -0.25) is 0 Å². The number of hydrogen-bond donors (Lipinski definition) is 0. The molecule has 0 saturated heterocycles. The van der Waals surface area contributed by atoms with Crippen molar-refractivity contribution in [3.8, 4) is 17.0 Å². The Morgan fingerprint density at radius 2 is 2.10 bits per heavy atom. The Hall–Kier alpha value is -2.50. The average Bonchev–Trinajstić information content (AvgIpc) is 2.85. The summed E-state index contributed by atoms with van der Waals surface area (Å²) in [6, 6.07) is 6.08. The average molecular weight is 267 g/mol. The van der Waals surface area contributed by atoms with Gasteiger partial charge in [0, 0.05) is 5.56 Å². The van der Waals surface area contributed by atoms with E-state index in [0.29, 0.717) is 5.78 Å². The number of hydrogen-bond acceptors (Lipinski definition) is 5. The van der Waals surface area contributed by atoms with Crippen molar-refractivity contribution in [2.75, 3.05) is 0 Å². The van der Waals surface area contributed by atoms with E-state index in [4.69, 9.17) is 4.74 Å². The predicted octanol–water partition coefficient (Wildman–Crippen LogP) is 2.12. The molecule has 0 N–H and O–H groups in total. The van der Waals surface area contributed by atoms with Crippen LogP contribution in [0.5, 0.6) is 5.75 Å². The molecule has 6 nitrogen and oxygen atoms in total. The Morgan fingerprint density at radius 1 is 1.25 bits per heavy atom. The number of ether oxygens (including phenoxy) is 1. The summed E-state index contributed by atoms with van der Waals surface area (Å²) in [6.45, 7) is 6.01. The third-order valence-electron chi connectivity index (χ3n) is 3.48. The summed E-state index contributed by atoms with van der Waals surface area (Å²) in [5.74, 6) is 1.31. The maximum Gasteiger partial charge on any atom is 0.272 e. The smallest absolute Gasteiger partial charge is 0.272 e. The van der Waals surface area contributed by atoms with Gasteiger partial charge in [-0.1, -0.05) is 11.6 Å². The summed E-state index contributed by atoms with van der Waals surface area (Å²) < 4.78 is 7.66. The lowest BCUT2D eigenvalue weighted by Gasteiger charge is -2.32. The Balaban J connectivity index is 2.11. The zero-order valence-corrected chi connectivity index (χ0v) is 11.5. The van der Waals surface area contributed by atoms with Gasteiger partial charge in [0.2, 0.25) is 0 Å². The Kier molecular flexibility index (Phi) is 2.00. The summed E-state index contributed by atoms with van der Waals surface area (Å²) in [4.78, 5) is 4.56. The van der Waals surface area contributed by atoms with E-state index in [1.165, 1.54) is 0 Å². The van der Waals surface area contributed by atoms with E-state index < -0.39 is 5.60 Å². The molecule has 0 bridgehead atoms. The first kappa shape index (κ1) is 11.3. The molecule has 3 aromatic rings. The topological polar surface area (TPSA) is 65.2 Å². The summed E-state index contributed by atoms with van der Waals surface area (Å²) in [7, 11) is 0. The van der Waals surface area contributed by atoms with Crippen LogP contribution in [-0.2, 0) is 5.60 Å². The van der Waals surface area contributed by atoms with E-state index in [-0.39, 0.29) is 0 Å². The second-order valence-electron chi connectivity index (χ2n) is 5.50. The largest absolute Gasteiger partial charge is 0.481 e. The first-order valence-electron chi connectivity index (χ1n) is 6.43. The molecule has 0 radical (unpaired) electrons. The highest BCUT2D eigenvalue weighted by molar-refractivity contribution is 5.73. The molecule has 100 valence electrons. The second-order valence-corrected chi connectivity index (χ2v) is 5.50. The van der Waals surface area contributed by atoms with Crippen LogP contribution in [0, 0.1) is 6.92 Å². The highest BCUT2D eigenvalue weighted by atomic mass is 16.5. The molecule has 0 saturated carbocycles. The highest BCUT2D eigenvalue weighted by Crippen LogP contribution is 2.43. The van der Waals surface area contributed by atoms with E-state index >= 15 is 0 Å². The van der Waals surface area contributed by atoms with Crippen molar-refractivity contribution in [3.63, 3.8) is 0 Å². The SMILES string of the molecule is Cc1ccc2c(c1)-c1nn3cnnc3nc1C(C)(C)O2. The number of nitrogens with zero attached hydrogens (tertiary/aromatic N) is 5. The summed E-state index contributed by atoms with van der Waals surface area (Å²) in [5.41, 5.74) is 3.19. The number of aromatic nitrogens is 5. The molecule has 4 rings (SSSR count). The molecule has 2 aromatic heterocycles. The van der Waals surface area contributed by atoms with Crippen LogP contribution in [0.3, 0.4) is 0 Å². The maximum atomic E-state index is 6.07. The van der Waals surface area contributed by atoms with Crippen LogP contribution in [0.25, 0.3) is 17.0 Å². The van der Waals surface area contributed by atoms with Gasteiger partial charge < -0.3 is 4.74 Å². The van der Waals surface area contributed by atoms with Crippen LogP contribution in [0.2, 0.25) is 0 Å². The fourth-order valence-electron chi connectivity index (χ4n) is 2.52. The standard InChI is InChI=1S/C14H13N5O/c1-8-4-5-10-9(6-8)11-12(14(2,3)20-10)16-13-17-15-7-19(13)18-11/h4-7H,1-3H3. The fourth-order valence-corrected chi connectivity index (χ4v) is 2.52. The number of benzene rings is 1. The Morgan fingerprint density at radius 3 is 2.95 bits per heavy atom. The monoisotopic (exact) mass is 267 g/mol. The van der Waals surface area contributed by atoms with Crippen molar-refractivity contribution >= 4 is 5.78 Å². The van der Waals surface area contributed by atoms with Gasteiger partial charge in [-0.05, 0) is 32.9 Å². The van der Waals surface area contributed by atoms with E-state index in [0.717, 1.165) is 28.3 Å². The lowest BCUT2D eigenvalue weighted by atomic mass is 9.94. The van der Waals surface area contributed by atoms with Crippen LogP contribution in [0.15, 0.2) is 24.5 Å². The zero-order chi connectivity index (χ0) is 13.9. The quantitative estimate of drug-likeness (QED) is 0.624. The molecule has 0 fully saturated rings. The second kappa shape index (κ2) is 3.53. The van der Waals surface area contributed by atoms with Crippen molar-refractivity contribution in [1.29, 1.82) is 0 Å². The molecule has 0 amide bonds. The molecular weight excluding hydrogens is 254 g/mol. The van der Waals surface area contributed by atoms with Gasteiger partial charge >= 0.3 is 0 Å². The van der Waals surface area contributed by atoms with Crippen LogP contribution >= 0.6 is 0 Å². The Bertz CT molecular complexity index is 837. The van der Waals surface area contributed by atoms with Crippen LogP contribution in [0.4, 0.5) is 0 Å². The normalized spacial score (nSPS) is 15.6. The minimum absolute atomic E-state index is 0.483. The molecule has 3 heterocycles. The lowest BCUT2D eigenvalue weighted by molar-refractivity contribution is 0.0998. The molecule has 6 heteroatoms. The van der Waals surface area contributed by atoms with Gasteiger partial charge in [0.15, 0.2) is 0 Å². The molecule has 0 spiro atoms. The minimum atomic E-state index is -0.543. The van der Waals surface area contributed by atoms with Gasteiger partial charge in [0.05, 0.1) is 0 Å². The van der Waals surface area contributed by atoms with Crippen molar-refractivity contribution in [2.24, 2.45) is 0 Å². The number of fused-ring (bicyclic) bond motifs is 4. The molecular formula is C14H13N5O. The van der Waals surface area contributed by atoms with Crippen molar-refractivity contribution in [2.45, 2.75) is 26.4 Å². The van der Waals surface area contributed by atoms with Crippen molar-refractivity contribution in [3.05, 3.63) is 35.8 Å². The van der Waals surface area contributed by atoms with Crippen LogP contribution < -0.4 is 4.74 Å². The summed E-state index contributed by atoms with van der Waals surface area (Å²) in [6.07, 6.45) is 1.56. The molecule has 0 aliphatic carbocycles. The molecule has 1 aliphatic heterocycles. The molecule has 0 atom stereocenters. The Labute approximate surface area is 115 Å². The summed E-state index contributed by atoms with van der Waals surface area (Å²) >= 11 is 0. The highest BCUT2D eigenvalue weighted by Gasteiger charge is 2.36. The minimum Gasteiger partial charge on any atom is -0.481 e. The van der Waals surface area contributed by atoms with E-state index in [1.54, 1.807) is 10.8 Å². The molecule has 1 aliphatic rings. The molecule has 0 unspecified atom stereocenters. The predicted molar refractivity (Wildman–Crippen MR) is 72.4 cm³/mol. The van der Waals surface area contributed by atoms with Crippen molar-refractivity contribution in [1.82, 2.24) is 24.8 Å². The third-order valence-corrected chi connectivity index (χ3v) is 3.48. The maximum absolute atomic E-state index is 6.07. The lowest BCUT2D eigenvalue weighted by Crippen LogP contribution is -2.31. The van der Waals surface area contributed by atoms with Gasteiger partial charge in [-0.25, -0.2) is 4.98 Å². The van der Waals surface area contributed by atoms with Crippen molar-refractivity contribution < 1.29 is 4.74 Å². The first-order valence-corrected chi connectivity index (χ1v) is 6.43. The van der Waals surface area contributed by atoms with E-state index in [9.17, 15) is 0 Å². The fraction of sp³-hybridized carbons (Fsp3) is 0.286. The third kappa shape index (κ3) is 1.44. The zero-order valence-electron chi connectivity index (χ0n) is 11.5. The van der Waals surface area contributed by atoms with Crippen LogP contribution in [0.1, 0.15) is 25.1 Å². The molecule has 20 heavy (non-hydrogen) atoms. The summed E-state index contributed by atoms with van der Waals surface area (Å²) in [5, 5.41) is 12.4. The van der Waals surface area contributed by atoms with Gasteiger partial charge in [-0.2, -0.15) is 9.61 Å². The first-order chi connectivity index (χ1) is 9.54. The van der Waals surface area contributed by atoms with E-state index in [2.05, 4.69) is 26.3 Å². The van der Waals surface area contributed by atoms with E-state index in [1.807, 2.05) is 32.9 Å². The van der Waals surface area contributed by atoms with Crippen LogP contribution in [-0.4, -0.2) is 24.8 Å².